The van der Waals surface area contributed by atoms with E-state index in [4.69, 9.17) is 11.0 Å². The number of hydrogen-bond donors (Lipinski definition) is 0. The van der Waals surface area contributed by atoms with Crippen molar-refractivity contribution in [3.8, 4) is 22.9 Å². The second kappa shape index (κ2) is 6.88. The molecule has 0 radical (unpaired) electrons. The quantitative estimate of drug-likeness (QED) is 0.226. The van der Waals surface area contributed by atoms with Gasteiger partial charge in [-0.15, -0.1) is 0 Å². The molecule has 0 saturated heterocycles. The maximum Gasteiger partial charge on any atom is 0.367 e. The average Bonchev–Trinajstić information content (AvgIpc) is 3.57. The molecule has 0 amide bonds. The van der Waals surface area contributed by atoms with Crippen molar-refractivity contribution in [1.29, 1.82) is 5.26 Å². The van der Waals surface area contributed by atoms with Gasteiger partial charge in [-0.25, -0.2) is 6.57 Å². The third-order valence-electron chi connectivity index (χ3n) is 7.74. The van der Waals surface area contributed by atoms with E-state index in [9.17, 15) is 5.26 Å². The van der Waals surface area contributed by atoms with Gasteiger partial charge in [0.1, 0.15) is 11.2 Å². The molecule has 2 heterocycles. The van der Waals surface area contributed by atoms with Gasteiger partial charge in [-0.1, -0.05) is 54.6 Å². The van der Waals surface area contributed by atoms with Gasteiger partial charge in [0.25, 0.3) is 0 Å². The Balaban J connectivity index is 1.54. The normalized spacial score (nSPS) is 16.2. The highest BCUT2D eigenvalue weighted by Crippen LogP contribution is 2.53. The summed E-state index contributed by atoms with van der Waals surface area (Å²) in [6, 6.07) is 37.1. The summed E-state index contributed by atoms with van der Waals surface area (Å²) in [6.07, 6.45) is 0. The number of nitrogens with zero attached hydrogens (tertiary/aromatic N) is 3. The summed E-state index contributed by atoms with van der Waals surface area (Å²) < 4.78 is 8.36. The molecule has 0 N–H and O–H groups in total. The number of para-hydroxylation sites is 3. The molecule has 7 aromatic rings. The molecule has 4 heteroatoms. The Morgan fingerprint density at radius 1 is 0.676 bits per heavy atom. The van der Waals surface area contributed by atoms with Crippen LogP contribution in [0.2, 0.25) is 0 Å². The molecule has 170 valence electrons. The third-order valence-corrected chi connectivity index (χ3v) is 7.74. The molecular formula is C33H17N3O. The number of rotatable bonds is 1. The zero-order valence-corrected chi connectivity index (χ0v) is 19.6. The maximum absolute atomic E-state index is 10.5. The highest BCUT2D eigenvalue weighted by molar-refractivity contribution is 6.13. The molecule has 1 aliphatic rings. The molecule has 0 fully saturated rings. The van der Waals surface area contributed by atoms with Crippen LogP contribution in [0.3, 0.4) is 0 Å². The molecule has 0 bridgehead atoms. The van der Waals surface area contributed by atoms with E-state index in [0.29, 0.717) is 11.1 Å². The van der Waals surface area contributed by atoms with E-state index in [-0.39, 0.29) is 0 Å². The van der Waals surface area contributed by atoms with Crippen molar-refractivity contribution < 1.29 is 4.42 Å². The van der Waals surface area contributed by atoms with E-state index >= 15 is 0 Å². The number of aromatic nitrogens is 1. The van der Waals surface area contributed by atoms with Crippen molar-refractivity contribution >= 4 is 43.7 Å². The zero-order valence-electron chi connectivity index (χ0n) is 19.6. The fourth-order valence-corrected chi connectivity index (χ4v) is 6.10. The molecule has 37 heavy (non-hydrogen) atoms. The summed E-state index contributed by atoms with van der Waals surface area (Å²) in [5.41, 5.74) is 6.44. The predicted octanol–water partition coefficient (Wildman–Crippen LogP) is 8.35. The SMILES string of the molecule is [C-]#[N+]C1(C#N)c2cc3oc4ccccc4c3cc2-c2cc3c4ccccc4n(-c4ccccc4)c3cc21. The van der Waals surface area contributed by atoms with Crippen LogP contribution < -0.4 is 0 Å². The predicted molar refractivity (Wildman–Crippen MR) is 146 cm³/mol. The fraction of sp³-hybridized carbons (Fsp3) is 0.0303. The van der Waals surface area contributed by atoms with Gasteiger partial charge < -0.3 is 8.98 Å². The minimum absolute atomic E-state index is 0.690. The van der Waals surface area contributed by atoms with Gasteiger partial charge >= 0.3 is 5.54 Å². The summed E-state index contributed by atoms with van der Waals surface area (Å²) >= 11 is 0. The Labute approximate surface area is 212 Å². The van der Waals surface area contributed by atoms with Gasteiger partial charge in [0.2, 0.25) is 0 Å². The van der Waals surface area contributed by atoms with Crippen LogP contribution in [0, 0.1) is 17.9 Å². The monoisotopic (exact) mass is 471 g/mol. The van der Waals surface area contributed by atoms with Crippen LogP contribution >= 0.6 is 0 Å². The van der Waals surface area contributed by atoms with Gasteiger partial charge in [0.15, 0.2) is 6.07 Å². The van der Waals surface area contributed by atoms with Crippen molar-refractivity contribution in [2.75, 3.05) is 0 Å². The van der Waals surface area contributed by atoms with E-state index in [2.05, 4.69) is 64.0 Å². The molecule has 0 saturated carbocycles. The van der Waals surface area contributed by atoms with Crippen molar-refractivity contribution in [2.24, 2.45) is 0 Å². The number of furan rings is 1. The highest BCUT2D eigenvalue weighted by Gasteiger charge is 2.51. The highest BCUT2D eigenvalue weighted by atomic mass is 16.3. The fourth-order valence-electron chi connectivity index (χ4n) is 6.10. The first-order valence-corrected chi connectivity index (χ1v) is 12.1. The number of nitriles is 1. The second-order valence-corrected chi connectivity index (χ2v) is 9.53. The van der Waals surface area contributed by atoms with Crippen LogP contribution in [0.4, 0.5) is 0 Å². The molecule has 1 atom stereocenters. The van der Waals surface area contributed by atoms with Crippen LogP contribution in [0.5, 0.6) is 0 Å². The van der Waals surface area contributed by atoms with E-state index in [1.807, 2.05) is 54.6 Å². The van der Waals surface area contributed by atoms with Gasteiger partial charge in [-0.2, -0.15) is 5.26 Å². The Morgan fingerprint density at radius 2 is 1.35 bits per heavy atom. The van der Waals surface area contributed by atoms with Gasteiger partial charge in [-0.3, -0.25) is 4.85 Å². The lowest BCUT2D eigenvalue weighted by atomic mass is 9.89. The van der Waals surface area contributed by atoms with Crippen LogP contribution in [-0.4, -0.2) is 4.57 Å². The third kappa shape index (κ3) is 2.39. The van der Waals surface area contributed by atoms with Gasteiger partial charge in [0, 0.05) is 27.2 Å². The molecule has 4 nitrogen and oxygen atoms in total. The topological polar surface area (TPSA) is 46.2 Å². The molecular weight excluding hydrogens is 454 g/mol. The van der Waals surface area contributed by atoms with Gasteiger partial charge in [0.05, 0.1) is 22.2 Å². The summed E-state index contributed by atoms with van der Waals surface area (Å²) in [6.45, 7) is 8.22. The van der Waals surface area contributed by atoms with Crippen LogP contribution in [0.1, 0.15) is 11.1 Å². The molecule has 8 rings (SSSR count). The summed E-state index contributed by atoms with van der Waals surface area (Å²) in [5, 5.41) is 14.8. The molecule has 0 aliphatic heterocycles. The molecule has 2 aromatic heterocycles. The first kappa shape index (κ1) is 19.9. The van der Waals surface area contributed by atoms with Crippen molar-refractivity contribution in [3.63, 3.8) is 0 Å². The summed E-state index contributed by atoms with van der Waals surface area (Å²) in [4.78, 5) is 3.98. The van der Waals surface area contributed by atoms with Gasteiger partial charge in [-0.05, 0) is 59.7 Å². The lowest BCUT2D eigenvalue weighted by Gasteiger charge is -2.12. The largest absolute Gasteiger partial charge is 0.456 e. The Bertz CT molecular complexity index is 2150. The Hall–Kier alpha value is -5.32. The van der Waals surface area contributed by atoms with E-state index in [1.54, 1.807) is 0 Å². The molecule has 0 spiro atoms. The first-order valence-electron chi connectivity index (χ1n) is 12.1. The zero-order chi connectivity index (χ0) is 24.7. The second-order valence-electron chi connectivity index (χ2n) is 9.53. The Kier molecular flexibility index (Phi) is 3.71. The van der Waals surface area contributed by atoms with Crippen molar-refractivity contribution in [2.45, 2.75) is 5.54 Å². The van der Waals surface area contributed by atoms with Crippen molar-refractivity contribution in [3.05, 3.63) is 126 Å². The van der Waals surface area contributed by atoms with E-state index in [1.165, 1.54) is 0 Å². The minimum atomic E-state index is -1.44. The summed E-state index contributed by atoms with van der Waals surface area (Å²) in [5.74, 6) is 0. The summed E-state index contributed by atoms with van der Waals surface area (Å²) in [7, 11) is 0. The molecule has 1 unspecified atom stereocenters. The van der Waals surface area contributed by atoms with Crippen LogP contribution in [0.25, 0.3) is 65.4 Å². The van der Waals surface area contributed by atoms with E-state index < -0.39 is 5.54 Å². The first-order chi connectivity index (χ1) is 18.2. The maximum atomic E-state index is 10.5. The minimum Gasteiger partial charge on any atom is -0.456 e. The number of hydrogen-bond acceptors (Lipinski definition) is 2. The average molecular weight is 472 g/mol. The number of fused-ring (bicyclic) bond motifs is 9. The smallest absolute Gasteiger partial charge is 0.367 e. The molecule has 1 aliphatic carbocycles. The molecule has 5 aromatic carbocycles. The van der Waals surface area contributed by atoms with Crippen LogP contribution in [-0.2, 0) is 5.54 Å². The van der Waals surface area contributed by atoms with E-state index in [0.717, 1.165) is 60.5 Å². The van der Waals surface area contributed by atoms with Crippen molar-refractivity contribution in [1.82, 2.24) is 4.57 Å². The Morgan fingerprint density at radius 3 is 2.14 bits per heavy atom. The number of benzene rings is 5. The lowest BCUT2D eigenvalue weighted by molar-refractivity contribution is 0.667. The standard InChI is InChI=1S/C33H17N3O/c1-35-33(19-34)27-17-30-25(21-11-5-7-13-29(21)36(30)20-9-3-2-4-10-20)15-23(27)24-16-26-22-12-6-8-14-31(22)37-32(26)18-28(24)33/h2-18H. The lowest BCUT2D eigenvalue weighted by Crippen LogP contribution is -2.17. The van der Waals surface area contributed by atoms with Crippen LogP contribution in [0.15, 0.2) is 108 Å².